The Hall–Kier alpha value is -1.85. The summed E-state index contributed by atoms with van der Waals surface area (Å²) in [6.07, 6.45) is 0. The highest BCUT2D eigenvalue weighted by Crippen LogP contribution is 2.28. The van der Waals surface area contributed by atoms with E-state index in [1.807, 2.05) is 38.1 Å². The van der Waals surface area contributed by atoms with Crippen LogP contribution in [0, 0.1) is 0 Å². The van der Waals surface area contributed by atoms with Gasteiger partial charge in [-0.3, -0.25) is 4.79 Å². The lowest BCUT2D eigenvalue weighted by molar-refractivity contribution is 0.0955. The second kappa shape index (κ2) is 11.0. The maximum absolute atomic E-state index is 12.3. The average molecular weight is 394 g/mol. The molecular formula is C20H24ClNO3S. The molecule has 0 aliphatic rings. The Labute approximate surface area is 164 Å². The standard InChI is InChI=1S/C20H24ClNO3S/c1-3-24-18-10-9-15(13-19(18)25-4-2)20(23)22-11-12-26-14-16-7-5-6-8-17(16)21/h5-10,13H,3-4,11-12,14H2,1-2H3,(H,22,23). The van der Waals surface area contributed by atoms with Crippen LogP contribution in [0.25, 0.3) is 0 Å². The van der Waals surface area contributed by atoms with Crippen molar-refractivity contribution in [3.8, 4) is 11.5 Å². The molecule has 0 saturated carbocycles. The Kier molecular flexibility index (Phi) is 8.65. The summed E-state index contributed by atoms with van der Waals surface area (Å²) in [6, 6.07) is 13.1. The van der Waals surface area contributed by atoms with E-state index in [1.165, 1.54) is 0 Å². The Morgan fingerprint density at radius 1 is 1.08 bits per heavy atom. The number of ether oxygens (including phenoxy) is 2. The second-order valence-electron chi connectivity index (χ2n) is 5.43. The molecule has 2 aromatic carbocycles. The molecule has 0 radical (unpaired) electrons. The monoisotopic (exact) mass is 393 g/mol. The third-order valence-corrected chi connectivity index (χ3v) is 4.93. The van der Waals surface area contributed by atoms with Gasteiger partial charge in [-0.25, -0.2) is 0 Å². The molecule has 0 unspecified atom stereocenters. The number of amides is 1. The first-order valence-electron chi connectivity index (χ1n) is 8.64. The SMILES string of the molecule is CCOc1ccc(C(=O)NCCSCc2ccccc2Cl)cc1OCC. The molecule has 26 heavy (non-hydrogen) atoms. The highest BCUT2D eigenvalue weighted by atomic mass is 35.5. The van der Waals surface area contributed by atoms with Gasteiger partial charge in [-0.2, -0.15) is 11.8 Å². The van der Waals surface area contributed by atoms with Crippen LogP contribution in [0.2, 0.25) is 5.02 Å². The van der Waals surface area contributed by atoms with Gasteiger partial charge in [0.2, 0.25) is 0 Å². The summed E-state index contributed by atoms with van der Waals surface area (Å²) in [5.41, 5.74) is 1.67. The second-order valence-corrected chi connectivity index (χ2v) is 6.94. The van der Waals surface area contributed by atoms with E-state index in [2.05, 4.69) is 5.32 Å². The molecule has 0 bridgehead atoms. The lowest BCUT2D eigenvalue weighted by Gasteiger charge is -2.12. The van der Waals surface area contributed by atoms with Gasteiger partial charge in [-0.15, -0.1) is 0 Å². The van der Waals surface area contributed by atoms with Crippen molar-refractivity contribution in [2.75, 3.05) is 25.5 Å². The fourth-order valence-electron chi connectivity index (χ4n) is 2.33. The molecule has 1 amide bonds. The molecule has 0 aromatic heterocycles. The minimum Gasteiger partial charge on any atom is -0.490 e. The van der Waals surface area contributed by atoms with Crippen LogP contribution in [0.5, 0.6) is 11.5 Å². The van der Waals surface area contributed by atoms with E-state index in [1.54, 1.807) is 30.0 Å². The summed E-state index contributed by atoms with van der Waals surface area (Å²) in [6.45, 7) is 5.47. The minimum absolute atomic E-state index is 0.118. The van der Waals surface area contributed by atoms with Crippen molar-refractivity contribution in [1.82, 2.24) is 5.32 Å². The number of halogens is 1. The predicted octanol–water partition coefficient (Wildman–Crippen LogP) is 4.80. The summed E-state index contributed by atoms with van der Waals surface area (Å²) in [5, 5.41) is 3.71. The molecule has 140 valence electrons. The van der Waals surface area contributed by atoms with Gasteiger partial charge in [0, 0.05) is 28.6 Å². The first-order chi connectivity index (χ1) is 12.7. The number of hydrogen-bond acceptors (Lipinski definition) is 4. The molecule has 0 heterocycles. The topological polar surface area (TPSA) is 47.6 Å². The van der Waals surface area contributed by atoms with Crippen LogP contribution in [-0.2, 0) is 5.75 Å². The quantitative estimate of drug-likeness (QED) is 0.589. The van der Waals surface area contributed by atoms with E-state index in [0.29, 0.717) is 36.8 Å². The first-order valence-corrected chi connectivity index (χ1v) is 10.2. The van der Waals surface area contributed by atoms with Crippen molar-refractivity contribution in [3.63, 3.8) is 0 Å². The van der Waals surface area contributed by atoms with Gasteiger partial charge in [0.25, 0.3) is 5.91 Å². The average Bonchev–Trinajstić information content (AvgIpc) is 2.64. The smallest absolute Gasteiger partial charge is 0.251 e. The maximum Gasteiger partial charge on any atom is 0.251 e. The number of hydrogen-bond donors (Lipinski definition) is 1. The zero-order valence-corrected chi connectivity index (χ0v) is 16.7. The van der Waals surface area contributed by atoms with Gasteiger partial charge in [0.05, 0.1) is 13.2 Å². The van der Waals surface area contributed by atoms with Crippen LogP contribution >= 0.6 is 23.4 Å². The van der Waals surface area contributed by atoms with Crippen LogP contribution in [0.4, 0.5) is 0 Å². The molecule has 0 spiro atoms. The summed E-state index contributed by atoms with van der Waals surface area (Å²) in [4.78, 5) is 12.3. The summed E-state index contributed by atoms with van der Waals surface area (Å²) >= 11 is 7.87. The van der Waals surface area contributed by atoms with E-state index in [9.17, 15) is 4.79 Å². The molecule has 0 atom stereocenters. The Morgan fingerprint density at radius 2 is 1.81 bits per heavy atom. The van der Waals surface area contributed by atoms with Gasteiger partial charge in [0.15, 0.2) is 11.5 Å². The largest absolute Gasteiger partial charge is 0.490 e. The van der Waals surface area contributed by atoms with Gasteiger partial charge >= 0.3 is 0 Å². The van der Waals surface area contributed by atoms with Gasteiger partial charge in [-0.1, -0.05) is 29.8 Å². The van der Waals surface area contributed by atoms with E-state index < -0.39 is 0 Å². The highest BCUT2D eigenvalue weighted by molar-refractivity contribution is 7.98. The van der Waals surface area contributed by atoms with Crippen LogP contribution < -0.4 is 14.8 Å². The van der Waals surface area contributed by atoms with Crippen molar-refractivity contribution in [1.29, 1.82) is 0 Å². The summed E-state index contributed by atoms with van der Waals surface area (Å²) < 4.78 is 11.1. The molecule has 0 saturated heterocycles. The zero-order chi connectivity index (χ0) is 18.8. The van der Waals surface area contributed by atoms with Crippen LogP contribution in [-0.4, -0.2) is 31.4 Å². The number of carbonyl (C=O) groups excluding carboxylic acids is 1. The third kappa shape index (κ3) is 6.15. The van der Waals surface area contributed by atoms with Crippen LogP contribution in [0.1, 0.15) is 29.8 Å². The van der Waals surface area contributed by atoms with Crippen molar-refractivity contribution in [2.45, 2.75) is 19.6 Å². The van der Waals surface area contributed by atoms with Gasteiger partial charge in [0.1, 0.15) is 0 Å². The van der Waals surface area contributed by atoms with Crippen LogP contribution in [0.15, 0.2) is 42.5 Å². The molecule has 2 rings (SSSR count). The number of rotatable bonds is 10. The van der Waals surface area contributed by atoms with Crippen molar-refractivity contribution in [3.05, 3.63) is 58.6 Å². The molecule has 2 aromatic rings. The normalized spacial score (nSPS) is 10.4. The lowest BCUT2D eigenvalue weighted by Crippen LogP contribution is -2.25. The molecule has 6 heteroatoms. The summed E-state index contributed by atoms with van der Waals surface area (Å²) in [7, 11) is 0. The predicted molar refractivity (Wildman–Crippen MR) is 109 cm³/mol. The molecule has 0 fully saturated rings. The van der Waals surface area contributed by atoms with Crippen molar-refractivity contribution >= 4 is 29.3 Å². The van der Waals surface area contributed by atoms with Crippen molar-refractivity contribution < 1.29 is 14.3 Å². The Balaban J connectivity index is 1.82. The van der Waals surface area contributed by atoms with E-state index in [4.69, 9.17) is 21.1 Å². The Bertz CT molecular complexity index is 724. The molecular weight excluding hydrogens is 370 g/mol. The highest BCUT2D eigenvalue weighted by Gasteiger charge is 2.11. The van der Waals surface area contributed by atoms with E-state index in [-0.39, 0.29) is 5.91 Å². The number of carbonyl (C=O) groups is 1. The first kappa shape index (κ1) is 20.5. The Morgan fingerprint density at radius 3 is 2.54 bits per heavy atom. The molecule has 0 aliphatic heterocycles. The minimum atomic E-state index is -0.118. The molecule has 1 N–H and O–H groups in total. The van der Waals surface area contributed by atoms with Crippen LogP contribution in [0.3, 0.4) is 0 Å². The lowest BCUT2D eigenvalue weighted by atomic mass is 10.2. The third-order valence-electron chi connectivity index (χ3n) is 3.55. The van der Waals surface area contributed by atoms with E-state index in [0.717, 1.165) is 22.1 Å². The maximum atomic E-state index is 12.3. The fraction of sp³-hybridized carbons (Fsp3) is 0.350. The number of thioether (sulfide) groups is 1. The fourth-order valence-corrected chi connectivity index (χ4v) is 3.47. The van der Waals surface area contributed by atoms with Crippen molar-refractivity contribution in [2.24, 2.45) is 0 Å². The van der Waals surface area contributed by atoms with Gasteiger partial charge < -0.3 is 14.8 Å². The molecule has 0 aliphatic carbocycles. The zero-order valence-electron chi connectivity index (χ0n) is 15.1. The number of benzene rings is 2. The number of nitrogens with one attached hydrogen (secondary N) is 1. The van der Waals surface area contributed by atoms with E-state index >= 15 is 0 Å². The molecule has 4 nitrogen and oxygen atoms in total. The van der Waals surface area contributed by atoms with Gasteiger partial charge in [-0.05, 0) is 43.7 Å². The summed E-state index contributed by atoms with van der Waals surface area (Å²) in [5.74, 6) is 2.77.